The van der Waals surface area contributed by atoms with Crippen LogP contribution in [0.4, 0.5) is 5.82 Å². The Morgan fingerprint density at radius 3 is 2.50 bits per heavy atom. The third-order valence-corrected chi connectivity index (χ3v) is 3.42. The Hall–Kier alpha value is -2.23. The molecule has 0 saturated heterocycles. The molecule has 0 aliphatic heterocycles. The van der Waals surface area contributed by atoms with Crippen LogP contribution in [0.1, 0.15) is 5.56 Å². The van der Waals surface area contributed by atoms with Crippen LogP contribution in [0.2, 0.25) is 0 Å². The van der Waals surface area contributed by atoms with E-state index >= 15 is 0 Å². The number of hydrogen-bond acceptors (Lipinski definition) is 2. The van der Waals surface area contributed by atoms with Gasteiger partial charge in [0.15, 0.2) is 0 Å². The van der Waals surface area contributed by atoms with Crippen molar-refractivity contribution in [1.82, 2.24) is 14.3 Å². The number of rotatable bonds is 1. The second-order valence-electron chi connectivity index (χ2n) is 4.68. The number of para-hydroxylation sites is 1. The Bertz CT molecular complexity index is 734. The summed E-state index contributed by atoms with van der Waals surface area (Å²) in [6, 6.07) is 10.4. The van der Waals surface area contributed by atoms with E-state index in [9.17, 15) is 0 Å². The molecule has 18 heavy (non-hydrogen) atoms. The van der Waals surface area contributed by atoms with Gasteiger partial charge in [-0.3, -0.25) is 4.68 Å². The van der Waals surface area contributed by atoms with E-state index in [1.165, 1.54) is 16.5 Å². The lowest BCUT2D eigenvalue weighted by atomic mass is 10.2. The lowest BCUT2D eigenvalue weighted by Crippen LogP contribution is -1.98. The maximum atomic E-state index is 5.75. The van der Waals surface area contributed by atoms with Gasteiger partial charge in [0.1, 0.15) is 5.82 Å². The molecule has 0 saturated carbocycles. The SMILES string of the molecule is Cc1cccc2cc(-c3cc(N)nn3C)n(C)c12. The zero-order valence-corrected chi connectivity index (χ0v) is 10.8. The zero-order valence-electron chi connectivity index (χ0n) is 10.8. The lowest BCUT2D eigenvalue weighted by Gasteiger charge is -2.05. The Labute approximate surface area is 106 Å². The molecule has 0 amide bonds. The fourth-order valence-electron chi connectivity index (χ4n) is 2.60. The van der Waals surface area contributed by atoms with E-state index in [4.69, 9.17) is 5.73 Å². The smallest absolute Gasteiger partial charge is 0.146 e. The van der Waals surface area contributed by atoms with Crippen LogP contribution in [0.15, 0.2) is 30.3 Å². The molecule has 3 aromatic rings. The summed E-state index contributed by atoms with van der Waals surface area (Å²) in [4.78, 5) is 0. The minimum atomic E-state index is 0.550. The molecule has 0 aliphatic rings. The first kappa shape index (κ1) is 10.9. The molecule has 0 bridgehead atoms. The number of benzene rings is 1. The van der Waals surface area contributed by atoms with Gasteiger partial charge in [-0.1, -0.05) is 18.2 Å². The highest BCUT2D eigenvalue weighted by atomic mass is 15.3. The average molecular weight is 240 g/mol. The van der Waals surface area contributed by atoms with Gasteiger partial charge in [0.25, 0.3) is 0 Å². The summed E-state index contributed by atoms with van der Waals surface area (Å²) in [6.45, 7) is 2.13. The highest BCUT2D eigenvalue weighted by molar-refractivity contribution is 5.88. The fourth-order valence-corrected chi connectivity index (χ4v) is 2.60. The summed E-state index contributed by atoms with van der Waals surface area (Å²) >= 11 is 0. The first-order valence-electron chi connectivity index (χ1n) is 5.93. The minimum Gasteiger partial charge on any atom is -0.382 e. The Kier molecular flexibility index (Phi) is 2.20. The van der Waals surface area contributed by atoms with Gasteiger partial charge in [0.2, 0.25) is 0 Å². The minimum absolute atomic E-state index is 0.550. The van der Waals surface area contributed by atoms with Crippen LogP contribution in [-0.4, -0.2) is 14.3 Å². The highest BCUT2D eigenvalue weighted by Crippen LogP contribution is 2.29. The fraction of sp³-hybridized carbons (Fsp3) is 0.214. The number of nitrogens with zero attached hydrogens (tertiary/aromatic N) is 3. The molecule has 1 aromatic carbocycles. The Morgan fingerprint density at radius 1 is 1.11 bits per heavy atom. The van der Waals surface area contributed by atoms with Crippen molar-refractivity contribution in [3.8, 4) is 11.4 Å². The van der Waals surface area contributed by atoms with Crippen molar-refractivity contribution in [2.24, 2.45) is 14.1 Å². The summed E-state index contributed by atoms with van der Waals surface area (Å²) < 4.78 is 4.01. The predicted octanol–water partition coefficient (Wildman–Crippen LogP) is 2.47. The van der Waals surface area contributed by atoms with Crippen molar-refractivity contribution in [3.05, 3.63) is 35.9 Å². The van der Waals surface area contributed by atoms with Crippen LogP contribution in [0, 0.1) is 6.92 Å². The van der Waals surface area contributed by atoms with Crippen molar-refractivity contribution in [1.29, 1.82) is 0 Å². The van der Waals surface area contributed by atoms with E-state index < -0.39 is 0 Å². The van der Waals surface area contributed by atoms with Crippen molar-refractivity contribution in [3.63, 3.8) is 0 Å². The van der Waals surface area contributed by atoms with Gasteiger partial charge in [-0.15, -0.1) is 0 Å². The number of nitrogens with two attached hydrogens (primary N) is 1. The van der Waals surface area contributed by atoms with Crippen LogP contribution in [0.3, 0.4) is 0 Å². The van der Waals surface area contributed by atoms with Crippen molar-refractivity contribution >= 4 is 16.7 Å². The Morgan fingerprint density at radius 2 is 1.89 bits per heavy atom. The molecule has 0 fully saturated rings. The van der Waals surface area contributed by atoms with Crippen molar-refractivity contribution in [2.75, 3.05) is 5.73 Å². The number of nitrogen functional groups attached to an aromatic ring is 1. The first-order chi connectivity index (χ1) is 8.58. The average Bonchev–Trinajstić information content (AvgIpc) is 2.80. The highest BCUT2D eigenvalue weighted by Gasteiger charge is 2.13. The molecule has 0 unspecified atom stereocenters. The first-order valence-corrected chi connectivity index (χ1v) is 5.93. The normalized spacial score (nSPS) is 11.3. The van der Waals surface area contributed by atoms with E-state index in [1.807, 2.05) is 17.8 Å². The molecule has 0 radical (unpaired) electrons. The number of fused-ring (bicyclic) bond motifs is 1. The van der Waals surface area contributed by atoms with Gasteiger partial charge >= 0.3 is 0 Å². The molecule has 3 rings (SSSR count). The van der Waals surface area contributed by atoms with Gasteiger partial charge in [-0.2, -0.15) is 5.10 Å². The molecule has 4 nitrogen and oxygen atoms in total. The molecule has 2 aromatic heterocycles. The number of hydrogen-bond donors (Lipinski definition) is 1. The molecule has 0 spiro atoms. The molecular formula is C14H16N4. The number of aryl methyl sites for hydroxylation is 3. The van der Waals surface area contributed by atoms with Crippen LogP contribution in [-0.2, 0) is 14.1 Å². The quantitative estimate of drug-likeness (QED) is 0.710. The van der Waals surface area contributed by atoms with Crippen LogP contribution in [0.25, 0.3) is 22.3 Å². The number of aromatic nitrogens is 3. The van der Waals surface area contributed by atoms with Crippen LogP contribution in [0.5, 0.6) is 0 Å². The zero-order chi connectivity index (χ0) is 12.9. The van der Waals surface area contributed by atoms with E-state index in [2.05, 4.69) is 47.9 Å². The molecule has 2 N–H and O–H groups in total. The Balaban J connectivity index is 2.34. The summed E-state index contributed by atoms with van der Waals surface area (Å²) in [5.41, 5.74) is 10.4. The van der Waals surface area contributed by atoms with Gasteiger partial charge in [0.05, 0.1) is 16.9 Å². The van der Waals surface area contributed by atoms with E-state index in [1.54, 1.807) is 0 Å². The maximum absolute atomic E-state index is 5.75. The van der Waals surface area contributed by atoms with Gasteiger partial charge in [-0.25, -0.2) is 0 Å². The third-order valence-electron chi connectivity index (χ3n) is 3.42. The van der Waals surface area contributed by atoms with Gasteiger partial charge < -0.3 is 10.3 Å². The van der Waals surface area contributed by atoms with E-state index in [0.29, 0.717) is 5.82 Å². The molecule has 92 valence electrons. The molecule has 2 heterocycles. The largest absolute Gasteiger partial charge is 0.382 e. The monoisotopic (exact) mass is 240 g/mol. The van der Waals surface area contributed by atoms with Gasteiger partial charge in [0, 0.05) is 25.5 Å². The second kappa shape index (κ2) is 3.63. The number of anilines is 1. The molecular weight excluding hydrogens is 224 g/mol. The van der Waals surface area contributed by atoms with Crippen LogP contribution >= 0.6 is 0 Å². The standard InChI is InChI=1S/C14H16N4/c1-9-5-4-6-10-7-11(17(2)14(9)10)12-8-13(15)16-18(12)3/h4-8H,1-3H3,(H2,15,16). The van der Waals surface area contributed by atoms with Crippen molar-refractivity contribution in [2.45, 2.75) is 6.92 Å². The maximum Gasteiger partial charge on any atom is 0.146 e. The summed E-state index contributed by atoms with van der Waals surface area (Å²) in [6.07, 6.45) is 0. The molecule has 4 heteroatoms. The lowest BCUT2D eigenvalue weighted by molar-refractivity contribution is 0.772. The van der Waals surface area contributed by atoms with E-state index in [0.717, 1.165) is 11.4 Å². The topological polar surface area (TPSA) is 48.8 Å². The summed E-state index contributed by atoms with van der Waals surface area (Å²) in [7, 11) is 3.99. The molecule has 0 aliphatic carbocycles. The summed E-state index contributed by atoms with van der Waals surface area (Å²) in [5.74, 6) is 0.550. The van der Waals surface area contributed by atoms with Crippen molar-refractivity contribution < 1.29 is 0 Å². The van der Waals surface area contributed by atoms with Crippen LogP contribution < -0.4 is 5.73 Å². The third kappa shape index (κ3) is 1.42. The van der Waals surface area contributed by atoms with Gasteiger partial charge in [-0.05, 0) is 18.6 Å². The van der Waals surface area contributed by atoms with E-state index in [-0.39, 0.29) is 0 Å². The second-order valence-corrected chi connectivity index (χ2v) is 4.68. The predicted molar refractivity (Wildman–Crippen MR) is 74.3 cm³/mol. The summed E-state index contributed by atoms with van der Waals surface area (Å²) in [5, 5.41) is 5.45. The molecule has 0 atom stereocenters.